The molecule has 0 spiro atoms. The summed E-state index contributed by atoms with van der Waals surface area (Å²) in [6.07, 6.45) is 2.74. The summed E-state index contributed by atoms with van der Waals surface area (Å²) < 4.78 is 5.57. The van der Waals surface area contributed by atoms with Gasteiger partial charge in [0.05, 0.1) is 12.1 Å². The summed E-state index contributed by atoms with van der Waals surface area (Å²) in [4.78, 5) is 22.5. The number of hydrogen-bond donors (Lipinski definition) is 1. The molecule has 23 heavy (non-hydrogen) atoms. The lowest BCUT2D eigenvalue weighted by molar-refractivity contribution is -0.137. The number of rotatable bonds is 8. The second kappa shape index (κ2) is 17.3. The van der Waals surface area contributed by atoms with Crippen molar-refractivity contribution in [2.45, 2.75) is 79.9 Å². The zero-order chi connectivity index (χ0) is 19.0. The molecular weight excluding hydrogens is 294 g/mol. The van der Waals surface area contributed by atoms with E-state index in [0.29, 0.717) is 18.3 Å². The minimum atomic E-state index is -0.250. The highest BCUT2D eigenvalue weighted by Crippen LogP contribution is 2.22. The molecule has 5 nitrogen and oxygen atoms in total. The monoisotopic (exact) mass is 333 g/mol. The summed E-state index contributed by atoms with van der Waals surface area (Å²) in [5.74, 6) is 1.09. The molecule has 0 bridgehead atoms. The van der Waals surface area contributed by atoms with Crippen molar-refractivity contribution in [3.05, 3.63) is 0 Å². The van der Waals surface area contributed by atoms with E-state index in [1.165, 1.54) is 0 Å². The van der Waals surface area contributed by atoms with Gasteiger partial charge in [-0.05, 0) is 18.3 Å². The first-order valence-corrected chi connectivity index (χ1v) is 8.66. The Labute approximate surface area is 143 Å². The van der Waals surface area contributed by atoms with Gasteiger partial charge in [-0.25, -0.2) is 0 Å². The Kier molecular flexibility index (Phi) is 20.1. The minimum absolute atomic E-state index is 0.126. The van der Waals surface area contributed by atoms with Crippen LogP contribution in [-0.4, -0.2) is 48.7 Å². The Morgan fingerprint density at radius 2 is 1.61 bits per heavy atom. The summed E-state index contributed by atoms with van der Waals surface area (Å²) in [5.41, 5.74) is 0. The SMILES string of the molecule is CC.CCC(C)C(C(CC)OC)N(C)C(=O)CC(C)C.O=CO. The number of hydrogen-bond acceptors (Lipinski definition) is 3. The average molecular weight is 334 g/mol. The van der Waals surface area contributed by atoms with Crippen LogP contribution in [0.5, 0.6) is 0 Å². The molecular formula is C18H39NO4. The smallest absolute Gasteiger partial charge is 0.290 e. The predicted octanol–water partition coefficient (Wildman–Crippen LogP) is 4.06. The maximum atomic E-state index is 12.2. The molecule has 3 atom stereocenters. The van der Waals surface area contributed by atoms with Gasteiger partial charge < -0.3 is 14.7 Å². The third-order valence-corrected chi connectivity index (χ3v) is 3.74. The number of amides is 1. The predicted molar refractivity (Wildman–Crippen MR) is 96.6 cm³/mol. The van der Waals surface area contributed by atoms with Crippen LogP contribution >= 0.6 is 0 Å². The standard InChI is InChI=1S/C15H31NO2.C2H6.CH2O2/c1-8-12(5)15(13(9-2)18-7)16(6)14(17)10-11(3)4;1-2;2-1-3/h11-13,15H,8-10H2,1-7H3;1-2H3;1H,(H,2,3). The van der Waals surface area contributed by atoms with E-state index in [1.54, 1.807) is 7.11 Å². The molecule has 5 heteroatoms. The van der Waals surface area contributed by atoms with Crippen LogP contribution in [0.15, 0.2) is 0 Å². The van der Waals surface area contributed by atoms with Gasteiger partial charge in [-0.2, -0.15) is 0 Å². The van der Waals surface area contributed by atoms with Crippen molar-refractivity contribution in [3.8, 4) is 0 Å². The van der Waals surface area contributed by atoms with Crippen LogP contribution in [0.2, 0.25) is 0 Å². The van der Waals surface area contributed by atoms with Gasteiger partial charge in [0.15, 0.2) is 0 Å². The second-order valence-corrected chi connectivity index (χ2v) is 5.77. The molecule has 0 heterocycles. The van der Waals surface area contributed by atoms with E-state index in [0.717, 1.165) is 12.8 Å². The molecule has 0 aromatic heterocycles. The minimum Gasteiger partial charge on any atom is -0.483 e. The summed E-state index contributed by atoms with van der Waals surface area (Å²) in [6.45, 7) is 14.4. The Balaban J connectivity index is -0.000000710. The molecule has 0 aliphatic heterocycles. The fraction of sp³-hybridized carbons (Fsp3) is 0.889. The van der Waals surface area contributed by atoms with Crippen LogP contribution in [0.1, 0.15) is 67.7 Å². The zero-order valence-corrected chi connectivity index (χ0v) is 16.6. The van der Waals surface area contributed by atoms with Crippen molar-refractivity contribution in [1.82, 2.24) is 4.90 Å². The molecule has 0 saturated heterocycles. The zero-order valence-electron chi connectivity index (χ0n) is 16.6. The molecule has 0 aliphatic rings. The lowest BCUT2D eigenvalue weighted by Crippen LogP contribution is -2.49. The number of likely N-dealkylation sites (N-methyl/N-ethyl adjacent to an activating group) is 1. The first-order valence-electron chi connectivity index (χ1n) is 8.66. The topological polar surface area (TPSA) is 66.8 Å². The molecule has 1 amide bonds. The maximum Gasteiger partial charge on any atom is 0.290 e. The largest absolute Gasteiger partial charge is 0.483 e. The molecule has 140 valence electrons. The summed E-state index contributed by atoms with van der Waals surface area (Å²) in [6, 6.07) is 0.177. The van der Waals surface area contributed by atoms with Crippen LogP contribution < -0.4 is 0 Å². The third kappa shape index (κ3) is 12.0. The Morgan fingerprint density at radius 3 is 1.87 bits per heavy atom. The van der Waals surface area contributed by atoms with Gasteiger partial charge in [-0.1, -0.05) is 54.9 Å². The number of methoxy groups -OCH3 is 1. The van der Waals surface area contributed by atoms with Crippen LogP contribution in [0, 0.1) is 11.8 Å². The summed E-state index contributed by atoms with van der Waals surface area (Å²) in [7, 11) is 3.66. The van der Waals surface area contributed by atoms with Crippen LogP contribution in [0.4, 0.5) is 0 Å². The number of nitrogens with zero attached hydrogens (tertiary/aromatic N) is 1. The van der Waals surface area contributed by atoms with Gasteiger partial charge in [-0.3, -0.25) is 9.59 Å². The van der Waals surface area contributed by atoms with Gasteiger partial charge in [0.25, 0.3) is 6.47 Å². The lowest BCUT2D eigenvalue weighted by atomic mass is 9.91. The highest BCUT2D eigenvalue weighted by atomic mass is 16.5. The Hall–Kier alpha value is -1.10. The van der Waals surface area contributed by atoms with E-state index < -0.39 is 0 Å². The van der Waals surface area contributed by atoms with Crippen molar-refractivity contribution in [2.24, 2.45) is 11.8 Å². The van der Waals surface area contributed by atoms with Crippen LogP contribution in [0.25, 0.3) is 0 Å². The molecule has 0 aliphatic carbocycles. The second-order valence-electron chi connectivity index (χ2n) is 5.77. The molecule has 0 aromatic carbocycles. The van der Waals surface area contributed by atoms with Crippen molar-refractivity contribution in [3.63, 3.8) is 0 Å². The molecule has 0 saturated carbocycles. The number of ether oxygens (including phenoxy) is 1. The molecule has 0 fully saturated rings. The summed E-state index contributed by atoms with van der Waals surface area (Å²) in [5, 5.41) is 6.89. The van der Waals surface area contributed by atoms with Crippen molar-refractivity contribution >= 4 is 12.4 Å². The Morgan fingerprint density at radius 1 is 1.17 bits per heavy atom. The average Bonchev–Trinajstić information content (AvgIpc) is 2.53. The third-order valence-electron chi connectivity index (χ3n) is 3.74. The van der Waals surface area contributed by atoms with Gasteiger partial charge in [0.1, 0.15) is 0 Å². The van der Waals surface area contributed by atoms with Gasteiger partial charge in [-0.15, -0.1) is 0 Å². The highest BCUT2D eigenvalue weighted by Gasteiger charge is 2.31. The van der Waals surface area contributed by atoms with E-state index in [2.05, 4.69) is 34.6 Å². The molecule has 1 N–H and O–H groups in total. The number of carbonyl (C=O) groups excluding carboxylic acids is 1. The van der Waals surface area contributed by atoms with Crippen molar-refractivity contribution in [1.29, 1.82) is 0 Å². The summed E-state index contributed by atoms with van der Waals surface area (Å²) >= 11 is 0. The number of carbonyl (C=O) groups is 2. The highest BCUT2D eigenvalue weighted by molar-refractivity contribution is 5.76. The van der Waals surface area contributed by atoms with Crippen molar-refractivity contribution < 1.29 is 19.4 Å². The van der Waals surface area contributed by atoms with E-state index in [1.807, 2.05) is 25.8 Å². The van der Waals surface area contributed by atoms with Crippen molar-refractivity contribution in [2.75, 3.05) is 14.2 Å². The van der Waals surface area contributed by atoms with E-state index in [-0.39, 0.29) is 24.5 Å². The van der Waals surface area contributed by atoms with Crippen LogP contribution in [-0.2, 0) is 14.3 Å². The lowest BCUT2D eigenvalue weighted by Gasteiger charge is -2.37. The molecule has 0 radical (unpaired) electrons. The maximum absolute atomic E-state index is 12.2. The first kappa shape index (κ1) is 26.8. The van der Waals surface area contributed by atoms with Gasteiger partial charge in [0, 0.05) is 20.6 Å². The Bertz CT molecular complexity index is 278. The fourth-order valence-corrected chi connectivity index (χ4v) is 2.45. The molecule has 3 unspecified atom stereocenters. The van der Waals surface area contributed by atoms with Gasteiger partial charge in [0.2, 0.25) is 5.91 Å². The van der Waals surface area contributed by atoms with Crippen LogP contribution in [0.3, 0.4) is 0 Å². The fourth-order valence-electron chi connectivity index (χ4n) is 2.45. The van der Waals surface area contributed by atoms with E-state index in [9.17, 15) is 4.79 Å². The van der Waals surface area contributed by atoms with Gasteiger partial charge >= 0.3 is 0 Å². The first-order chi connectivity index (χ1) is 10.8. The van der Waals surface area contributed by atoms with E-state index >= 15 is 0 Å². The van der Waals surface area contributed by atoms with E-state index in [4.69, 9.17) is 14.6 Å². The quantitative estimate of drug-likeness (QED) is 0.680. The molecule has 0 rings (SSSR count). The molecule has 0 aromatic rings. The normalized spacial score (nSPS) is 13.7. The number of carboxylic acid groups (broad SMARTS) is 1.